The van der Waals surface area contributed by atoms with Crippen LogP contribution in [0.4, 0.5) is 5.69 Å². The van der Waals surface area contributed by atoms with Crippen LogP contribution in [0, 0.1) is 5.41 Å². The molecule has 2 aliphatic rings. The number of nitrogens with two attached hydrogens (primary N) is 1. The first kappa shape index (κ1) is 14.7. The number of hydrogen-bond donors (Lipinski definition) is 2. The standard InChI is InChI=1S/C14H22N4O2S/c15-17-12-4-3-9-16-13(12)21(19,20)18-10-7-14(8-11-18)5-1-2-6-14/h3-4,9,17H,1-2,5-8,10-11,15H2. The molecule has 0 atom stereocenters. The topological polar surface area (TPSA) is 88.3 Å². The van der Waals surface area contributed by atoms with Crippen molar-refractivity contribution < 1.29 is 8.42 Å². The van der Waals surface area contributed by atoms with E-state index in [4.69, 9.17) is 5.84 Å². The lowest BCUT2D eigenvalue weighted by molar-refractivity contribution is 0.160. The molecule has 2 heterocycles. The smallest absolute Gasteiger partial charge is 0.262 e. The fraction of sp³-hybridized carbons (Fsp3) is 0.643. The number of piperidine rings is 1. The van der Waals surface area contributed by atoms with Crippen LogP contribution in [0.25, 0.3) is 0 Å². The minimum atomic E-state index is -3.57. The van der Waals surface area contributed by atoms with Gasteiger partial charge in [0.1, 0.15) is 0 Å². The largest absolute Gasteiger partial charge is 0.321 e. The van der Waals surface area contributed by atoms with Crippen LogP contribution >= 0.6 is 0 Å². The minimum absolute atomic E-state index is 0.0230. The highest BCUT2D eigenvalue weighted by atomic mass is 32.2. The molecule has 7 heteroatoms. The van der Waals surface area contributed by atoms with E-state index in [9.17, 15) is 8.42 Å². The zero-order chi connectivity index (χ0) is 14.9. The number of nitrogens with zero attached hydrogens (tertiary/aromatic N) is 2. The first-order valence-electron chi connectivity index (χ1n) is 7.49. The van der Waals surface area contributed by atoms with Crippen LogP contribution in [0.1, 0.15) is 38.5 Å². The lowest BCUT2D eigenvalue weighted by atomic mass is 9.78. The molecule has 1 saturated carbocycles. The van der Waals surface area contributed by atoms with Gasteiger partial charge in [-0.05, 0) is 43.2 Å². The highest BCUT2D eigenvalue weighted by Crippen LogP contribution is 2.46. The monoisotopic (exact) mass is 310 g/mol. The molecular formula is C14H22N4O2S. The summed E-state index contributed by atoms with van der Waals surface area (Å²) in [7, 11) is -3.57. The fourth-order valence-corrected chi connectivity index (χ4v) is 5.16. The molecule has 1 aliphatic carbocycles. The molecule has 3 N–H and O–H groups in total. The molecule has 0 radical (unpaired) electrons. The SMILES string of the molecule is NNc1cccnc1S(=O)(=O)N1CCC2(CCCC2)CC1. The maximum Gasteiger partial charge on any atom is 0.262 e. The van der Waals surface area contributed by atoms with Crippen molar-refractivity contribution >= 4 is 15.7 Å². The zero-order valence-corrected chi connectivity index (χ0v) is 12.9. The number of aromatic nitrogens is 1. The van der Waals surface area contributed by atoms with Crippen LogP contribution in [0.5, 0.6) is 0 Å². The number of anilines is 1. The second kappa shape index (κ2) is 5.55. The Bertz CT molecular complexity index is 601. The van der Waals surface area contributed by atoms with Gasteiger partial charge < -0.3 is 5.43 Å². The highest BCUT2D eigenvalue weighted by molar-refractivity contribution is 7.89. The third-order valence-corrected chi connectivity index (χ3v) is 6.82. The van der Waals surface area contributed by atoms with Gasteiger partial charge in [0, 0.05) is 19.3 Å². The Hall–Kier alpha value is -1.18. The van der Waals surface area contributed by atoms with Gasteiger partial charge in [-0.25, -0.2) is 13.4 Å². The summed E-state index contributed by atoms with van der Waals surface area (Å²) >= 11 is 0. The number of hydrazine groups is 1. The van der Waals surface area contributed by atoms with Crippen LogP contribution in [-0.2, 0) is 10.0 Å². The average Bonchev–Trinajstić information content (AvgIpc) is 2.96. The first-order chi connectivity index (χ1) is 10.1. The third-order valence-electron chi connectivity index (χ3n) is 4.96. The van der Waals surface area contributed by atoms with Crippen LogP contribution < -0.4 is 11.3 Å². The molecule has 0 unspecified atom stereocenters. The third kappa shape index (κ3) is 2.65. The predicted molar refractivity (Wildman–Crippen MR) is 80.9 cm³/mol. The van der Waals surface area contributed by atoms with E-state index < -0.39 is 10.0 Å². The maximum atomic E-state index is 12.7. The molecule has 0 bridgehead atoms. The summed E-state index contributed by atoms with van der Waals surface area (Å²) < 4.78 is 27.0. The van der Waals surface area contributed by atoms with E-state index in [-0.39, 0.29) is 5.03 Å². The molecule has 0 amide bonds. The predicted octanol–water partition coefficient (Wildman–Crippen LogP) is 1.71. The Morgan fingerprint density at radius 2 is 1.86 bits per heavy atom. The van der Waals surface area contributed by atoms with Crippen LogP contribution in [0.15, 0.2) is 23.4 Å². The Kier molecular flexibility index (Phi) is 3.90. The Morgan fingerprint density at radius 1 is 1.19 bits per heavy atom. The summed E-state index contributed by atoms with van der Waals surface area (Å²) in [5.41, 5.74) is 3.16. The van der Waals surface area contributed by atoms with Gasteiger partial charge in [-0.3, -0.25) is 5.84 Å². The normalized spacial score (nSPS) is 22.5. The Morgan fingerprint density at radius 3 is 2.48 bits per heavy atom. The number of pyridine rings is 1. The van der Waals surface area contributed by atoms with Gasteiger partial charge in [-0.15, -0.1) is 0 Å². The molecular weight excluding hydrogens is 288 g/mol. The fourth-order valence-electron chi connectivity index (χ4n) is 3.65. The molecule has 1 aromatic heterocycles. The van der Waals surface area contributed by atoms with E-state index >= 15 is 0 Å². The molecule has 1 saturated heterocycles. The van der Waals surface area contributed by atoms with Crippen molar-refractivity contribution in [3.05, 3.63) is 18.3 Å². The summed E-state index contributed by atoms with van der Waals surface area (Å²) in [4.78, 5) is 4.01. The van der Waals surface area contributed by atoms with Gasteiger partial charge in [-0.1, -0.05) is 12.8 Å². The second-order valence-corrected chi connectivity index (χ2v) is 7.96. The van der Waals surface area contributed by atoms with Crippen LogP contribution in [-0.4, -0.2) is 30.8 Å². The Labute approximate surface area is 125 Å². The van der Waals surface area contributed by atoms with Gasteiger partial charge in [0.2, 0.25) is 0 Å². The lowest BCUT2D eigenvalue weighted by Crippen LogP contribution is -2.42. The van der Waals surface area contributed by atoms with Crippen molar-refractivity contribution in [2.45, 2.75) is 43.6 Å². The van der Waals surface area contributed by atoms with E-state index in [0.29, 0.717) is 24.2 Å². The quantitative estimate of drug-likeness (QED) is 0.655. The summed E-state index contributed by atoms with van der Waals surface area (Å²) in [5.74, 6) is 5.40. The highest BCUT2D eigenvalue weighted by Gasteiger charge is 2.40. The number of sulfonamides is 1. The van der Waals surface area contributed by atoms with Gasteiger partial charge in [0.15, 0.2) is 5.03 Å². The van der Waals surface area contributed by atoms with E-state index in [2.05, 4.69) is 10.4 Å². The summed E-state index contributed by atoms with van der Waals surface area (Å²) in [5, 5.41) is 0.0230. The van der Waals surface area contributed by atoms with Crippen molar-refractivity contribution in [2.24, 2.45) is 11.3 Å². The number of hydrogen-bond acceptors (Lipinski definition) is 5. The number of rotatable bonds is 3. The number of nitrogen functional groups attached to an aromatic ring is 1. The van der Waals surface area contributed by atoms with E-state index in [1.165, 1.54) is 31.9 Å². The molecule has 116 valence electrons. The van der Waals surface area contributed by atoms with Gasteiger partial charge in [0.25, 0.3) is 10.0 Å². The van der Waals surface area contributed by atoms with E-state index in [1.807, 2.05) is 0 Å². The minimum Gasteiger partial charge on any atom is -0.321 e. The van der Waals surface area contributed by atoms with Crippen LogP contribution in [0.3, 0.4) is 0 Å². The summed E-state index contributed by atoms with van der Waals surface area (Å²) in [6, 6.07) is 3.29. The molecule has 21 heavy (non-hydrogen) atoms. The van der Waals surface area contributed by atoms with Gasteiger partial charge in [-0.2, -0.15) is 4.31 Å². The molecule has 1 spiro atoms. The summed E-state index contributed by atoms with van der Waals surface area (Å²) in [6.07, 6.45) is 8.48. The molecule has 3 rings (SSSR count). The summed E-state index contributed by atoms with van der Waals surface area (Å²) in [6.45, 7) is 1.17. The van der Waals surface area contributed by atoms with Crippen molar-refractivity contribution in [3.63, 3.8) is 0 Å². The van der Waals surface area contributed by atoms with E-state index in [1.54, 1.807) is 16.4 Å². The first-order valence-corrected chi connectivity index (χ1v) is 8.93. The molecule has 2 fully saturated rings. The maximum absolute atomic E-state index is 12.7. The van der Waals surface area contributed by atoms with Crippen LogP contribution in [0.2, 0.25) is 0 Å². The van der Waals surface area contributed by atoms with Crippen molar-refractivity contribution in [1.29, 1.82) is 0 Å². The van der Waals surface area contributed by atoms with Gasteiger partial charge in [0.05, 0.1) is 5.69 Å². The van der Waals surface area contributed by atoms with Crippen molar-refractivity contribution in [1.82, 2.24) is 9.29 Å². The van der Waals surface area contributed by atoms with Crippen molar-refractivity contribution in [2.75, 3.05) is 18.5 Å². The van der Waals surface area contributed by atoms with E-state index in [0.717, 1.165) is 12.8 Å². The average molecular weight is 310 g/mol. The van der Waals surface area contributed by atoms with Crippen molar-refractivity contribution in [3.8, 4) is 0 Å². The molecule has 0 aromatic carbocycles. The number of nitrogens with one attached hydrogen (secondary N) is 1. The second-order valence-electron chi connectivity index (χ2n) is 6.11. The Balaban J connectivity index is 1.80. The van der Waals surface area contributed by atoms with Gasteiger partial charge >= 0.3 is 0 Å². The lowest BCUT2D eigenvalue weighted by Gasteiger charge is -2.38. The molecule has 1 aliphatic heterocycles. The molecule has 1 aromatic rings. The molecule has 6 nitrogen and oxygen atoms in total. The zero-order valence-electron chi connectivity index (χ0n) is 12.1.